The number of hydrogen-bond acceptors (Lipinski definition) is 10. The molecule has 2 atom stereocenters. The summed E-state index contributed by atoms with van der Waals surface area (Å²) in [6.07, 6.45) is 1.87. The van der Waals surface area contributed by atoms with E-state index in [1.54, 1.807) is 70.9 Å². The van der Waals surface area contributed by atoms with E-state index < -0.39 is 18.2 Å². The third-order valence-corrected chi connectivity index (χ3v) is 6.70. The molecule has 0 radical (unpaired) electrons. The van der Waals surface area contributed by atoms with Crippen LogP contribution >= 0.6 is 0 Å². The van der Waals surface area contributed by atoms with Crippen molar-refractivity contribution in [2.24, 2.45) is 0 Å². The molecule has 0 aromatic heterocycles. The second-order valence-corrected chi connectivity index (χ2v) is 8.93. The normalized spacial score (nSPS) is 15.8. The van der Waals surface area contributed by atoms with Gasteiger partial charge in [0.05, 0.1) is 49.8 Å². The Morgan fingerprint density at radius 3 is 1.98 bits per heavy atom. The monoisotopic (exact) mass is 566 g/mol. The van der Waals surface area contributed by atoms with Crippen molar-refractivity contribution in [3.8, 4) is 46.0 Å². The molecule has 0 unspecified atom stereocenters. The zero-order chi connectivity index (χ0) is 29.5. The number of benzene rings is 3. The molecule has 218 valence electrons. The summed E-state index contributed by atoms with van der Waals surface area (Å²) in [4.78, 5) is 13.1. The van der Waals surface area contributed by atoms with Crippen molar-refractivity contribution in [2.75, 3.05) is 49.8 Å². The summed E-state index contributed by atoms with van der Waals surface area (Å²) in [5.41, 5.74) is 2.15. The highest BCUT2D eigenvalue weighted by molar-refractivity contribution is 5.87. The minimum absolute atomic E-state index is 0.319. The first-order valence-corrected chi connectivity index (χ1v) is 12.7. The molecule has 10 heteroatoms. The summed E-state index contributed by atoms with van der Waals surface area (Å²) in [6.45, 7) is 0. The van der Waals surface area contributed by atoms with E-state index in [1.807, 2.05) is 6.07 Å². The van der Waals surface area contributed by atoms with Crippen LogP contribution in [0.2, 0.25) is 0 Å². The van der Waals surface area contributed by atoms with Crippen LogP contribution in [0.15, 0.2) is 48.5 Å². The van der Waals surface area contributed by atoms with E-state index >= 15 is 0 Å². The minimum atomic E-state index is -0.727. The van der Waals surface area contributed by atoms with Crippen LogP contribution in [0.1, 0.15) is 22.8 Å². The Bertz CT molecular complexity index is 1390. The first-order chi connectivity index (χ1) is 19.9. The molecule has 1 aliphatic rings. The summed E-state index contributed by atoms with van der Waals surface area (Å²) in [6, 6.07) is 12.4. The highest BCUT2D eigenvalue weighted by Gasteiger charge is 2.37. The Balaban J connectivity index is 1.70. The number of ether oxygens (including phenoxy) is 9. The third-order valence-electron chi connectivity index (χ3n) is 6.70. The second-order valence-electron chi connectivity index (χ2n) is 8.93. The van der Waals surface area contributed by atoms with Gasteiger partial charge in [-0.15, -0.1) is 0 Å². The van der Waals surface area contributed by atoms with E-state index in [9.17, 15) is 4.79 Å². The van der Waals surface area contributed by atoms with Crippen LogP contribution < -0.4 is 37.9 Å². The molecule has 0 saturated carbocycles. The average molecular weight is 567 g/mol. The van der Waals surface area contributed by atoms with Crippen molar-refractivity contribution >= 4 is 12.0 Å². The number of fused-ring (bicyclic) bond motifs is 1. The van der Waals surface area contributed by atoms with E-state index in [2.05, 4.69) is 0 Å². The molecule has 0 spiro atoms. The first-order valence-electron chi connectivity index (χ1n) is 12.7. The summed E-state index contributed by atoms with van der Waals surface area (Å²) in [5, 5.41) is 0. The van der Waals surface area contributed by atoms with Crippen molar-refractivity contribution in [3.63, 3.8) is 0 Å². The molecule has 3 aromatic carbocycles. The first kappa shape index (κ1) is 29.3. The van der Waals surface area contributed by atoms with Gasteiger partial charge in [0, 0.05) is 35.8 Å². The molecule has 3 aromatic rings. The van der Waals surface area contributed by atoms with E-state index in [0.717, 1.165) is 11.1 Å². The number of methoxy groups -OCH3 is 7. The fraction of sp³-hybridized carbons (Fsp3) is 0.323. The second kappa shape index (κ2) is 13.1. The number of rotatable bonds is 11. The van der Waals surface area contributed by atoms with Crippen molar-refractivity contribution in [2.45, 2.75) is 18.6 Å². The van der Waals surface area contributed by atoms with Gasteiger partial charge < -0.3 is 42.6 Å². The van der Waals surface area contributed by atoms with Gasteiger partial charge in [0.25, 0.3) is 0 Å². The highest BCUT2D eigenvalue weighted by atomic mass is 16.6. The lowest BCUT2D eigenvalue weighted by molar-refractivity contribution is -0.149. The smallest absolute Gasteiger partial charge is 0.331 e. The zero-order valence-electron chi connectivity index (χ0n) is 24.1. The number of carbonyl (C=O) groups excluding carboxylic acids is 1. The molecule has 10 nitrogen and oxygen atoms in total. The highest BCUT2D eigenvalue weighted by Crippen LogP contribution is 2.46. The van der Waals surface area contributed by atoms with Crippen LogP contribution in [-0.4, -0.2) is 61.8 Å². The molecule has 0 bridgehead atoms. The van der Waals surface area contributed by atoms with Gasteiger partial charge in [-0.2, -0.15) is 0 Å². The van der Waals surface area contributed by atoms with Crippen LogP contribution in [0.4, 0.5) is 0 Å². The van der Waals surface area contributed by atoms with Crippen molar-refractivity contribution in [1.29, 1.82) is 0 Å². The van der Waals surface area contributed by atoms with Crippen LogP contribution in [-0.2, 0) is 16.0 Å². The molecule has 1 heterocycles. The molecule has 4 rings (SSSR count). The minimum Gasteiger partial charge on any atom is -0.496 e. The molecule has 41 heavy (non-hydrogen) atoms. The van der Waals surface area contributed by atoms with Gasteiger partial charge >= 0.3 is 5.97 Å². The Morgan fingerprint density at radius 2 is 1.39 bits per heavy atom. The summed E-state index contributed by atoms with van der Waals surface area (Å²) in [5.74, 6) is 3.58. The number of hydrogen-bond donors (Lipinski definition) is 0. The van der Waals surface area contributed by atoms with Crippen LogP contribution in [0.25, 0.3) is 6.08 Å². The SMILES string of the molecule is COc1cc(OC)c2c(c1)O[C@H](c1cc(OC)c(OC)c(OC)c1)[C@H](OC(=O)/C=C/c1ccc(OC)c(OC)c1)C2. The van der Waals surface area contributed by atoms with Crippen LogP contribution in [0, 0.1) is 0 Å². The summed E-state index contributed by atoms with van der Waals surface area (Å²) < 4.78 is 50.7. The maximum Gasteiger partial charge on any atom is 0.331 e. The standard InChI is InChI=1S/C31H34O10/c1-33-20-15-23(35-3)21-17-28(40-29(32)11-9-18-8-10-22(34-2)25(12-18)36-4)30(41-24(21)16-20)19-13-26(37-5)31(39-7)27(14-19)38-6/h8-16,28,30H,17H2,1-7H3/b11-9+/t28-,30-/m1/s1. The van der Waals surface area contributed by atoms with Crippen LogP contribution in [0.5, 0.6) is 46.0 Å². The topological polar surface area (TPSA) is 100 Å². The number of esters is 1. The van der Waals surface area contributed by atoms with E-state index in [1.165, 1.54) is 27.4 Å². The number of carbonyl (C=O) groups is 1. The van der Waals surface area contributed by atoms with Crippen LogP contribution in [0.3, 0.4) is 0 Å². The largest absolute Gasteiger partial charge is 0.496 e. The lowest BCUT2D eigenvalue weighted by Crippen LogP contribution is -2.34. The molecule has 0 saturated heterocycles. The molecule has 0 fully saturated rings. The Morgan fingerprint density at radius 1 is 0.732 bits per heavy atom. The summed E-state index contributed by atoms with van der Waals surface area (Å²) in [7, 11) is 10.8. The lowest BCUT2D eigenvalue weighted by atomic mass is 9.93. The molecule has 0 amide bonds. The fourth-order valence-corrected chi connectivity index (χ4v) is 4.68. The van der Waals surface area contributed by atoms with Gasteiger partial charge in [-0.05, 0) is 35.9 Å². The van der Waals surface area contributed by atoms with Crippen molar-refractivity contribution < 1.29 is 47.4 Å². The van der Waals surface area contributed by atoms with Gasteiger partial charge in [-0.25, -0.2) is 4.79 Å². The Kier molecular flexibility index (Phi) is 9.34. The van der Waals surface area contributed by atoms with Gasteiger partial charge in [0.1, 0.15) is 23.4 Å². The van der Waals surface area contributed by atoms with Gasteiger partial charge in [0.2, 0.25) is 5.75 Å². The van der Waals surface area contributed by atoms with E-state index in [4.69, 9.17) is 42.6 Å². The molecule has 0 aliphatic carbocycles. The lowest BCUT2D eigenvalue weighted by Gasteiger charge is -2.34. The summed E-state index contributed by atoms with van der Waals surface area (Å²) >= 11 is 0. The third kappa shape index (κ3) is 6.21. The molecule has 1 aliphatic heterocycles. The van der Waals surface area contributed by atoms with Gasteiger partial charge in [-0.1, -0.05) is 6.07 Å². The quantitative estimate of drug-likeness (QED) is 0.232. The predicted octanol–water partition coefficient (Wildman–Crippen LogP) is 5.05. The maximum absolute atomic E-state index is 13.1. The van der Waals surface area contributed by atoms with E-state index in [-0.39, 0.29) is 0 Å². The fourth-order valence-electron chi connectivity index (χ4n) is 4.68. The molecular formula is C31H34O10. The zero-order valence-corrected chi connectivity index (χ0v) is 24.1. The average Bonchev–Trinajstić information content (AvgIpc) is 3.01. The van der Waals surface area contributed by atoms with Crippen molar-refractivity contribution in [3.05, 3.63) is 65.2 Å². The molecule has 0 N–H and O–H groups in total. The Hall–Kier alpha value is -4.73. The predicted molar refractivity (Wildman–Crippen MR) is 151 cm³/mol. The Labute approximate surface area is 239 Å². The van der Waals surface area contributed by atoms with Crippen molar-refractivity contribution in [1.82, 2.24) is 0 Å². The van der Waals surface area contributed by atoms with Gasteiger partial charge in [-0.3, -0.25) is 0 Å². The molecular weight excluding hydrogens is 532 g/mol. The van der Waals surface area contributed by atoms with Gasteiger partial charge in [0.15, 0.2) is 29.1 Å². The van der Waals surface area contributed by atoms with E-state index in [0.29, 0.717) is 58.0 Å². The maximum atomic E-state index is 13.1.